The Bertz CT molecular complexity index is 1220. The molecule has 3 heterocycles. The molecule has 2 aliphatic rings. The van der Waals surface area contributed by atoms with Crippen LogP contribution in [0.15, 0.2) is 66.7 Å². The number of carbonyl (C=O) groups is 1. The molecule has 8 nitrogen and oxygen atoms in total. The van der Waals surface area contributed by atoms with Crippen LogP contribution in [0.25, 0.3) is 6.08 Å². The van der Waals surface area contributed by atoms with Gasteiger partial charge in [-0.25, -0.2) is 0 Å². The molecule has 0 fully saturated rings. The van der Waals surface area contributed by atoms with Gasteiger partial charge in [-0.3, -0.25) is 24.8 Å². The predicted octanol–water partition coefficient (Wildman–Crippen LogP) is 3.96. The summed E-state index contributed by atoms with van der Waals surface area (Å²) < 4.78 is 11.8. The van der Waals surface area contributed by atoms with Crippen molar-refractivity contribution in [2.45, 2.75) is 13.1 Å². The Hall–Kier alpha value is -4.04. The lowest BCUT2D eigenvalue weighted by molar-refractivity contribution is -0.384. The molecule has 8 heteroatoms. The fraction of sp³-hybridized carbons (Fsp3) is 0.130. The standard InChI is InChI=1S/C23H17N3O5/c27-22-18-4-5-20-19(13-25(14-30-20)12-15-6-8-24-9-7-15)23(18)31-21(22)11-16-2-1-3-17(10-16)26(28)29/h1-11H,12-14H2/b21-11-. The second-order valence-corrected chi connectivity index (χ2v) is 7.33. The van der Waals surface area contributed by atoms with Crippen molar-refractivity contribution >= 4 is 17.5 Å². The Morgan fingerprint density at radius 3 is 2.81 bits per heavy atom. The number of nitro benzene ring substituents is 1. The van der Waals surface area contributed by atoms with Crippen LogP contribution in [-0.4, -0.2) is 27.3 Å². The summed E-state index contributed by atoms with van der Waals surface area (Å²) in [6.45, 7) is 1.67. The molecule has 0 atom stereocenters. The molecule has 0 aliphatic carbocycles. The zero-order chi connectivity index (χ0) is 21.4. The number of ketones is 1. The maximum atomic E-state index is 12.9. The molecular weight excluding hydrogens is 398 g/mol. The predicted molar refractivity (Wildman–Crippen MR) is 111 cm³/mol. The van der Waals surface area contributed by atoms with Crippen LogP contribution in [0, 0.1) is 10.1 Å². The van der Waals surface area contributed by atoms with E-state index in [9.17, 15) is 14.9 Å². The van der Waals surface area contributed by atoms with Crippen molar-refractivity contribution in [3.05, 3.63) is 99.1 Å². The average molecular weight is 415 g/mol. The fourth-order valence-corrected chi connectivity index (χ4v) is 3.73. The third-order valence-corrected chi connectivity index (χ3v) is 5.22. The highest BCUT2D eigenvalue weighted by Gasteiger charge is 2.33. The summed E-state index contributed by atoms with van der Waals surface area (Å²) in [5.41, 5.74) is 2.86. The van der Waals surface area contributed by atoms with E-state index in [2.05, 4.69) is 9.88 Å². The van der Waals surface area contributed by atoms with Crippen LogP contribution in [0.1, 0.15) is 27.0 Å². The molecular formula is C23H17N3O5. The van der Waals surface area contributed by atoms with Crippen LogP contribution in [0.2, 0.25) is 0 Å². The van der Waals surface area contributed by atoms with Gasteiger partial charge in [-0.2, -0.15) is 0 Å². The number of fused-ring (bicyclic) bond motifs is 3. The number of allylic oxidation sites excluding steroid dienone is 1. The van der Waals surface area contributed by atoms with E-state index in [1.54, 1.807) is 36.7 Å². The van der Waals surface area contributed by atoms with E-state index in [1.807, 2.05) is 12.1 Å². The summed E-state index contributed by atoms with van der Waals surface area (Å²) in [6, 6.07) is 13.5. The summed E-state index contributed by atoms with van der Waals surface area (Å²) >= 11 is 0. The molecule has 0 bridgehead atoms. The first-order valence-corrected chi connectivity index (χ1v) is 9.67. The SMILES string of the molecule is O=C1/C(=C/c2cccc([N+](=O)[O-])c2)Oc2c1ccc1c2CN(Cc2ccncc2)CO1. The van der Waals surface area contributed by atoms with E-state index in [1.165, 1.54) is 18.2 Å². The van der Waals surface area contributed by atoms with Crippen LogP contribution in [0.5, 0.6) is 11.5 Å². The molecule has 0 N–H and O–H groups in total. The lowest BCUT2D eigenvalue weighted by atomic mass is 10.0. The minimum absolute atomic E-state index is 0.0464. The van der Waals surface area contributed by atoms with E-state index in [-0.39, 0.29) is 17.2 Å². The number of rotatable bonds is 4. The summed E-state index contributed by atoms with van der Waals surface area (Å²) in [7, 11) is 0. The van der Waals surface area contributed by atoms with E-state index < -0.39 is 4.92 Å². The van der Waals surface area contributed by atoms with Crippen molar-refractivity contribution < 1.29 is 19.2 Å². The number of ether oxygens (including phenoxy) is 2. The Labute approximate surface area is 177 Å². The average Bonchev–Trinajstić information content (AvgIpc) is 3.10. The van der Waals surface area contributed by atoms with Gasteiger partial charge in [0.2, 0.25) is 5.78 Å². The van der Waals surface area contributed by atoms with Gasteiger partial charge in [0.05, 0.1) is 16.1 Å². The van der Waals surface area contributed by atoms with Gasteiger partial charge in [-0.05, 0) is 41.5 Å². The Kier molecular flexibility index (Phi) is 4.68. The van der Waals surface area contributed by atoms with Gasteiger partial charge in [0.1, 0.15) is 18.2 Å². The zero-order valence-electron chi connectivity index (χ0n) is 16.4. The minimum atomic E-state index is -0.473. The molecule has 0 unspecified atom stereocenters. The Morgan fingerprint density at radius 2 is 2.00 bits per heavy atom. The zero-order valence-corrected chi connectivity index (χ0v) is 16.4. The van der Waals surface area contributed by atoms with Gasteiger partial charge >= 0.3 is 0 Å². The highest BCUT2D eigenvalue weighted by Crippen LogP contribution is 2.42. The second-order valence-electron chi connectivity index (χ2n) is 7.33. The molecule has 0 spiro atoms. The summed E-state index contributed by atoms with van der Waals surface area (Å²) in [5, 5.41) is 11.0. The maximum absolute atomic E-state index is 12.9. The van der Waals surface area contributed by atoms with E-state index in [4.69, 9.17) is 9.47 Å². The second kappa shape index (κ2) is 7.66. The maximum Gasteiger partial charge on any atom is 0.270 e. The molecule has 0 saturated heterocycles. The Balaban J connectivity index is 1.43. The Morgan fingerprint density at radius 1 is 1.16 bits per heavy atom. The lowest BCUT2D eigenvalue weighted by Crippen LogP contribution is -2.31. The molecule has 1 aromatic heterocycles. The molecule has 2 aromatic carbocycles. The highest BCUT2D eigenvalue weighted by molar-refractivity contribution is 6.15. The number of nitro groups is 1. The summed E-state index contributed by atoms with van der Waals surface area (Å²) in [4.78, 5) is 29.6. The smallest absolute Gasteiger partial charge is 0.270 e. The summed E-state index contributed by atoms with van der Waals surface area (Å²) in [6.07, 6.45) is 5.03. The first-order valence-electron chi connectivity index (χ1n) is 9.67. The van der Waals surface area contributed by atoms with E-state index >= 15 is 0 Å². The highest BCUT2D eigenvalue weighted by atomic mass is 16.6. The molecule has 3 aromatic rings. The molecule has 2 aliphatic heterocycles. The number of hydrogen-bond donors (Lipinski definition) is 0. The minimum Gasteiger partial charge on any atom is -0.478 e. The first-order chi connectivity index (χ1) is 15.1. The third-order valence-electron chi connectivity index (χ3n) is 5.22. The topological polar surface area (TPSA) is 94.8 Å². The number of non-ortho nitro benzene ring substituents is 1. The van der Waals surface area contributed by atoms with Crippen molar-refractivity contribution in [2.24, 2.45) is 0 Å². The van der Waals surface area contributed by atoms with Crippen molar-refractivity contribution in [3.63, 3.8) is 0 Å². The lowest BCUT2D eigenvalue weighted by Gasteiger charge is -2.29. The quantitative estimate of drug-likeness (QED) is 0.362. The van der Waals surface area contributed by atoms with Crippen LogP contribution < -0.4 is 9.47 Å². The molecule has 154 valence electrons. The van der Waals surface area contributed by atoms with E-state index in [0.29, 0.717) is 42.4 Å². The van der Waals surface area contributed by atoms with Crippen molar-refractivity contribution in [3.8, 4) is 11.5 Å². The van der Waals surface area contributed by atoms with E-state index in [0.717, 1.165) is 11.1 Å². The van der Waals surface area contributed by atoms with Gasteiger partial charge in [0.25, 0.3) is 5.69 Å². The number of nitrogens with zero attached hydrogens (tertiary/aromatic N) is 3. The van der Waals surface area contributed by atoms with Gasteiger partial charge in [-0.15, -0.1) is 0 Å². The summed E-state index contributed by atoms with van der Waals surface area (Å²) in [5.74, 6) is 1.05. The van der Waals surface area contributed by atoms with Gasteiger partial charge in [0.15, 0.2) is 5.76 Å². The number of Topliss-reactive ketones (excluding diaryl/α,β-unsaturated/α-hetero) is 1. The fourth-order valence-electron chi connectivity index (χ4n) is 3.73. The van der Waals surface area contributed by atoms with Crippen molar-refractivity contribution in [1.82, 2.24) is 9.88 Å². The molecule has 0 amide bonds. The number of hydrogen-bond acceptors (Lipinski definition) is 7. The molecule has 5 rings (SSSR count). The molecule has 0 radical (unpaired) electrons. The van der Waals surface area contributed by atoms with Crippen LogP contribution >= 0.6 is 0 Å². The molecule has 0 saturated carbocycles. The van der Waals surface area contributed by atoms with Crippen molar-refractivity contribution in [1.29, 1.82) is 0 Å². The number of benzene rings is 2. The largest absolute Gasteiger partial charge is 0.478 e. The van der Waals surface area contributed by atoms with Crippen molar-refractivity contribution in [2.75, 3.05) is 6.73 Å². The number of aromatic nitrogens is 1. The van der Waals surface area contributed by atoms with Gasteiger partial charge in [0, 0.05) is 37.6 Å². The van der Waals surface area contributed by atoms with Crippen LogP contribution in [0.4, 0.5) is 5.69 Å². The van der Waals surface area contributed by atoms with Crippen LogP contribution in [-0.2, 0) is 13.1 Å². The van der Waals surface area contributed by atoms with Crippen LogP contribution in [0.3, 0.4) is 0 Å². The molecule has 31 heavy (non-hydrogen) atoms. The normalized spacial score (nSPS) is 16.4. The monoisotopic (exact) mass is 415 g/mol. The number of carbonyl (C=O) groups excluding carboxylic acids is 1. The third kappa shape index (κ3) is 3.64. The van der Waals surface area contributed by atoms with Gasteiger partial charge < -0.3 is 9.47 Å². The van der Waals surface area contributed by atoms with Gasteiger partial charge in [-0.1, -0.05) is 12.1 Å². The number of pyridine rings is 1. The first kappa shape index (κ1) is 19.0.